The number of hydrogen-bond donors (Lipinski definition) is 1. The van der Waals surface area contributed by atoms with Crippen molar-refractivity contribution in [1.82, 2.24) is 0 Å². The van der Waals surface area contributed by atoms with Crippen LogP contribution in [0.2, 0.25) is 0 Å². The highest BCUT2D eigenvalue weighted by molar-refractivity contribution is 6.22. The average molecular weight is 156 g/mol. The van der Waals surface area contributed by atoms with E-state index in [9.17, 15) is 0 Å². The summed E-state index contributed by atoms with van der Waals surface area (Å²) in [5.41, 5.74) is 2.11. The molecule has 0 aromatic carbocycles. The lowest BCUT2D eigenvalue weighted by atomic mass is 10.0. The average Bonchev–Trinajstić information content (AvgIpc) is 1.88. The van der Waals surface area contributed by atoms with Gasteiger partial charge in [-0.2, -0.15) is 0 Å². The van der Waals surface area contributed by atoms with E-state index in [1.54, 1.807) is 0 Å². The molecule has 1 atom stereocenters. The molecule has 1 rings (SSSR count). The lowest BCUT2D eigenvalue weighted by Crippen LogP contribution is -2.01. The summed E-state index contributed by atoms with van der Waals surface area (Å²) in [4.78, 5) is 0. The lowest BCUT2D eigenvalue weighted by molar-refractivity contribution is 1.01. The Morgan fingerprint density at radius 1 is 1.80 bits per heavy atom. The van der Waals surface area contributed by atoms with Crippen molar-refractivity contribution < 1.29 is 0 Å². The lowest BCUT2D eigenvalue weighted by Gasteiger charge is -2.11. The van der Waals surface area contributed by atoms with Gasteiger partial charge < -0.3 is 5.41 Å². The van der Waals surface area contributed by atoms with Gasteiger partial charge in [-0.3, -0.25) is 0 Å². The molecule has 1 nitrogen and oxygen atoms in total. The molecule has 1 aliphatic rings. The van der Waals surface area contributed by atoms with Gasteiger partial charge in [-0.1, -0.05) is 12.2 Å². The third kappa shape index (κ3) is 1.48. The van der Waals surface area contributed by atoms with Crippen molar-refractivity contribution >= 4 is 17.8 Å². The fraction of sp³-hybridized carbons (Fsp3) is 0.375. The van der Waals surface area contributed by atoms with Crippen LogP contribution in [0, 0.1) is 5.41 Å². The number of allylic oxidation sites excluding steroid dienone is 4. The monoisotopic (exact) mass is 155 g/mol. The van der Waals surface area contributed by atoms with Crippen molar-refractivity contribution in [2.45, 2.75) is 18.7 Å². The van der Waals surface area contributed by atoms with Crippen molar-refractivity contribution in [3.8, 4) is 0 Å². The van der Waals surface area contributed by atoms with Gasteiger partial charge in [0.15, 0.2) is 0 Å². The number of rotatable bonds is 1. The molecule has 10 heavy (non-hydrogen) atoms. The van der Waals surface area contributed by atoms with Gasteiger partial charge in [0.2, 0.25) is 0 Å². The van der Waals surface area contributed by atoms with E-state index >= 15 is 0 Å². The van der Waals surface area contributed by atoms with Crippen LogP contribution in [-0.2, 0) is 0 Å². The number of halogens is 1. The van der Waals surface area contributed by atoms with Crippen LogP contribution in [0.1, 0.15) is 13.3 Å². The Hall–Kier alpha value is -0.560. The predicted octanol–water partition coefficient (Wildman–Crippen LogP) is 2.52. The molecule has 2 heteroatoms. The first-order valence-corrected chi connectivity index (χ1v) is 3.71. The standard InChI is InChI=1S/C8H10ClN/c1-6-4-8(9)3-2-7(6)5-10/h2,4-5,8,10H,3H2,1H3. The number of alkyl halides is 1. The van der Waals surface area contributed by atoms with Gasteiger partial charge in [0.05, 0.1) is 5.38 Å². The largest absolute Gasteiger partial charge is 0.308 e. The second-order valence-electron chi connectivity index (χ2n) is 2.41. The van der Waals surface area contributed by atoms with Gasteiger partial charge in [-0.15, -0.1) is 11.6 Å². The van der Waals surface area contributed by atoms with Crippen LogP contribution < -0.4 is 0 Å². The van der Waals surface area contributed by atoms with Crippen LogP contribution in [0.3, 0.4) is 0 Å². The van der Waals surface area contributed by atoms with Crippen LogP contribution in [0.25, 0.3) is 0 Å². The number of hydrogen-bond acceptors (Lipinski definition) is 1. The molecule has 1 unspecified atom stereocenters. The third-order valence-electron chi connectivity index (χ3n) is 1.60. The van der Waals surface area contributed by atoms with E-state index in [-0.39, 0.29) is 5.38 Å². The Kier molecular flexibility index (Phi) is 2.28. The summed E-state index contributed by atoms with van der Waals surface area (Å²) in [5.74, 6) is 0. The summed E-state index contributed by atoms with van der Waals surface area (Å²) in [7, 11) is 0. The van der Waals surface area contributed by atoms with Gasteiger partial charge in [-0.05, 0) is 24.5 Å². The van der Waals surface area contributed by atoms with E-state index in [2.05, 4.69) is 0 Å². The Morgan fingerprint density at radius 2 is 2.50 bits per heavy atom. The fourth-order valence-electron chi connectivity index (χ4n) is 1.01. The second kappa shape index (κ2) is 3.02. The molecule has 0 aliphatic heterocycles. The smallest absolute Gasteiger partial charge is 0.0556 e. The zero-order valence-corrected chi connectivity index (χ0v) is 6.65. The molecule has 0 aromatic rings. The molecule has 0 bridgehead atoms. The molecule has 1 aliphatic carbocycles. The molecular weight excluding hydrogens is 146 g/mol. The first kappa shape index (κ1) is 7.55. The Bertz CT molecular complexity index is 203. The zero-order valence-electron chi connectivity index (χ0n) is 5.89. The first-order chi connectivity index (χ1) is 4.74. The topological polar surface area (TPSA) is 23.9 Å². The third-order valence-corrected chi connectivity index (χ3v) is 1.91. The van der Waals surface area contributed by atoms with Crippen LogP contribution in [0.5, 0.6) is 0 Å². The number of nitrogens with one attached hydrogen (secondary N) is 1. The van der Waals surface area contributed by atoms with E-state index in [4.69, 9.17) is 17.0 Å². The van der Waals surface area contributed by atoms with Crippen molar-refractivity contribution in [2.24, 2.45) is 0 Å². The minimum atomic E-state index is 0.128. The molecule has 54 valence electrons. The normalized spacial score (nSPS) is 25.2. The van der Waals surface area contributed by atoms with Crippen molar-refractivity contribution in [1.29, 1.82) is 5.41 Å². The van der Waals surface area contributed by atoms with Crippen LogP contribution in [0.15, 0.2) is 23.3 Å². The quantitative estimate of drug-likeness (QED) is 0.445. The molecule has 0 amide bonds. The Labute approximate surface area is 65.9 Å². The fourth-order valence-corrected chi connectivity index (χ4v) is 1.29. The van der Waals surface area contributed by atoms with E-state index in [0.717, 1.165) is 17.6 Å². The maximum atomic E-state index is 7.02. The van der Waals surface area contributed by atoms with E-state index in [1.165, 1.54) is 6.21 Å². The van der Waals surface area contributed by atoms with Gasteiger partial charge in [0.25, 0.3) is 0 Å². The summed E-state index contributed by atoms with van der Waals surface area (Å²) in [6.07, 6.45) is 6.21. The molecule has 0 saturated heterocycles. The van der Waals surface area contributed by atoms with Crippen molar-refractivity contribution in [2.75, 3.05) is 0 Å². The van der Waals surface area contributed by atoms with Gasteiger partial charge >= 0.3 is 0 Å². The van der Waals surface area contributed by atoms with Gasteiger partial charge in [0.1, 0.15) is 0 Å². The Balaban J connectivity index is 2.81. The van der Waals surface area contributed by atoms with Gasteiger partial charge in [-0.25, -0.2) is 0 Å². The van der Waals surface area contributed by atoms with Crippen LogP contribution in [0.4, 0.5) is 0 Å². The highest BCUT2D eigenvalue weighted by Crippen LogP contribution is 2.19. The van der Waals surface area contributed by atoms with Crippen molar-refractivity contribution in [3.05, 3.63) is 23.3 Å². The summed E-state index contributed by atoms with van der Waals surface area (Å²) < 4.78 is 0. The van der Waals surface area contributed by atoms with E-state index in [1.807, 2.05) is 19.1 Å². The highest BCUT2D eigenvalue weighted by atomic mass is 35.5. The Morgan fingerprint density at radius 3 is 3.00 bits per heavy atom. The summed E-state index contributed by atoms with van der Waals surface area (Å²) in [6.45, 7) is 1.98. The minimum absolute atomic E-state index is 0.128. The maximum absolute atomic E-state index is 7.02. The molecular formula is C8H10ClN. The molecule has 1 N–H and O–H groups in total. The van der Waals surface area contributed by atoms with Gasteiger partial charge in [0, 0.05) is 6.21 Å². The SMILES string of the molecule is CC1=CC(Cl)CC=C1C=N. The van der Waals surface area contributed by atoms with Crippen molar-refractivity contribution in [3.63, 3.8) is 0 Å². The highest BCUT2D eigenvalue weighted by Gasteiger charge is 2.07. The second-order valence-corrected chi connectivity index (χ2v) is 2.97. The molecule has 0 radical (unpaired) electrons. The van der Waals surface area contributed by atoms with E-state index in [0.29, 0.717) is 0 Å². The van der Waals surface area contributed by atoms with Crippen LogP contribution in [-0.4, -0.2) is 11.6 Å². The predicted molar refractivity (Wildman–Crippen MR) is 44.9 cm³/mol. The first-order valence-electron chi connectivity index (χ1n) is 3.27. The molecule has 0 fully saturated rings. The summed E-state index contributed by atoms with van der Waals surface area (Å²) in [5, 5.41) is 7.14. The van der Waals surface area contributed by atoms with E-state index < -0.39 is 0 Å². The maximum Gasteiger partial charge on any atom is 0.0556 e. The summed E-state index contributed by atoms with van der Waals surface area (Å²) >= 11 is 5.84. The molecule has 0 heterocycles. The molecule has 0 saturated carbocycles. The zero-order chi connectivity index (χ0) is 7.56. The minimum Gasteiger partial charge on any atom is -0.308 e. The molecule has 0 spiro atoms. The summed E-state index contributed by atoms with van der Waals surface area (Å²) in [6, 6.07) is 0. The molecule has 0 aromatic heterocycles. The van der Waals surface area contributed by atoms with Crippen LogP contribution >= 0.6 is 11.6 Å².